The topological polar surface area (TPSA) is 61.3 Å². The molecule has 0 spiro atoms. The van der Waals surface area contributed by atoms with Gasteiger partial charge in [0.05, 0.1) is 12.6 Å². The third-order valence-corrected chi connectivity index (χ3v) is 5.32. The summed E-state index contributed by atoms with van der Waals surface area (Å²) in [5.74, 6) is 3.06. The molecule has 5 nitrogen and oxygen atoms in total. The molecule has 0 saturated carbocycles. The molecule has 2 heterocycles. The standard InChI is InChI=1S/C21H29ClN4O/c1-13(2)18(12-27)23-19-10-20(25-21(24-19)14(3)4)26-8-7-15-9-17(22)6-5-16(15)11-26/h5-6,9-10,13-14,18,27H,7-8,11-12H2,1-4H3,(H,23,24,25)/t18-/m0/s1. The Morgan fingerprint density at radius 3 is 2.59 bits per heavy atom. The van der Waals surface area contributed by atoms with E-state index in [2.05, 4.69) is 55.0 Å². The van der Waals surface area contributed by atoms with E-state index in [4.69, 9.17) is 16.6 Å². The summed E-state index contributed by atoms with van der Waals surface area (Å²) < 4.78 is 0. The van der Waals surface area contributed by atoms with Crippen molar-refractivity contribution in [3.8, 4) is 0 Å². The van der Waals surface area contributed by atoms with E-state index < -0.39 is 0 Å². The number of fused-ring (bicyclic) bond motifs is 1. The second kappa shape index (κ2) is 8.44. The van der Waals surface area contributed by atoms with E-state index in [-0.39, 0.29) is 18.6 Å². The Morgan fingerprint density at radius 2 is 1.93 bits per heavy atom. The van der Waals surface area contributed by atoms with Crippen molar-refractivity contribution in [3.63, 3.8) is 0 Å². The molecule has 0 saturated heterocycles. The van der Waals surface area contributed by atoms with Crippen molar-refractivity contribution in [2.24, 2.45) is 5.92 Å². The Labute approximate surface area is 166 Å². The highest BCUT2D eigenvalue weighted by Gasteiger charge is 2.21. The van der Waals surface area contributed by atoms with Crippen LogP contribution in [0.2, 0.25) is 5.02 Å². The van der Waals surface area contributed by atoms with Gasteiger partial charge in [0.1, 0.15) is 17.5 Å². The molecule has 1 atom stereocenters. The van der Waals surface area contributed by atoms with Crippen LogP contribution in [0.3, 0.4) is 0 Å². The summed E-state index contributed by atoms with van der Waals surface area (Å²) in [4.78, 5) is 11.8. The number of hydrogen-bond acceptors (Lipinski definition) is 5. The Bertz CT molecular complexity index is 794. The van der Waals surface area contributed by atoms with Crippen LogP contribution in [0.1, 0.15) is 50.6 Å². The Balaban J connectivity index is 1.89. The zero-order valence-electron chi connectivity index (χ0n) is 16.5. The first-order valence-corrected chi connectivity index (χ1v) is 10.0. The number of aliphatic hydroxyl groups excluding tert-OH is 1. The molecule has 0 amide bonds. The molecule has 146 valence electrons. The van der Waals surface area contributed by atoms with Gasteiger partial charge in [-0.2, -0.15) is 0 Å². The normalized spacial score (nSPS) is 15.2. The van der Waals surface area contributed by atoms with Gasteiger partial charge in [-0.1, -0.05) is 45.4 Å². The van der Waals surface area contributed by atoms with Crippen LogP contribution >= 0.6 is 11.6 Å². The molecule has 0 fully saturated rings. The number of nitrogens with one attached hydrogen (secondary N) is 1. The largest absolute Gasteiger partial charge is 0.394 e. The van der Waals surface area contributed by atoms with Gasteiger partial charge >= 0.3 is 0 Å². The molecule has 0 unspecified atom stereocenters. The quantitative estimate of drug-likeness (QED) is 0.774. The van der Waals surface area contributed by atoms with Crippen molar-refractivity contribution in [2.75, 3.05) is 23.4 Å². The Kier molecular flexibility index (Phi) is 6.22. The third-order valence-electron chi connectivity index (χ3n) is 5.09. The molecular formula is C21H29ClN4O. The highest BCUT2D eigenvalue weighted by molar-refractivity contribution is 6.30. The number of aromatic nitrogens is 2. The molecular weight excluding hydrogens is 360 g/mol. The predicted octanol–water partition coefficient (Wildman–Crippen LogP) is 4.24. The number of rotatable bonds is 6. The average Bonchev–Trinajstić information content (AvgIpc) is 2.65. The van der Waals surface area contributed by atoms with Crippen LogP contribution in [-0.4, -0.2) is 34.3 Å². The van der Waals surface area contributed by atoms with E-state index in [9.17, 15) is 5.11 Å². The van der Waals surface area contributed by atoms with Crippen molar-refractivity contribution in [1.82, 2.24) is 9.97 Å². The first-order valence-electron chi connectivity index (χ1n) is 9.66. The third kappa shape index (κ3) is 4.71. The molecule has 2 N–H and O–H groups in total. The van der Waals surface area contributed by atoms with Crippen LogP contribution in [0.5, 0.6) is 0 Å². The van der Waals surface area contributed by atoms with Gasteiger partial charge in [0.25, 0.3) is 0 Å². The second-order valence-electron chi connectivity index (χ2n) is 7.89. The van der Waals surface area contributed by atoms with E-state index in [1.54, 1.807) is 0 Å². The molecule has 1 aliphatic heterocycles. The van der Waals surface area contributed by atoms with Crippen molar-refractivity contribution < 1.29 is 5.11 Å². The number of benzene rings is 1. The van der Waals surface area contributed by atoms with Crippen LogP contribution in [0, 0.1) is 5.92 Å². The van der Waals surface area contributed by atoms with Gasteiger partial charge in [-0.05, 0) is 35.6 Å². The number of aliphatic hydroxyl groups is 1. The summed E-state index contributed by atoms with van der Waals surface area (Å²) in [6.07, 6.45) is 0.949. The fourth-order valence-corrected chi connectivity index (χ4v) is 3.47. The fourth-order valence-electron chi connectivity index (χ4n) is 3.28. The van der Waals surface area contributed by atoms with Crippen molar-refractivity contribution in [2.45, 2.75) is 52.6 Å². The Hall–Kier alpha value is -1.85. The van der Waals surface area contributed by atoms with Gasteiger partial charge < -0.3 is 15.3 Å². The van der Waals surface area contributed by atoms with Crippen molar-refractivity contribution in [3.05, 3.63) is 46.2 Å². The molecule has 2 aromatic rings. The molecule has 1 aromatic carbocycles. The zero-order chi connectivity index (χ0) is 19.6. The molecule has 27 heavy (non-hydrogen) atoms. The lowest BCUT2D eigenvalue weighted by molar-refractivity contribution is 0.249. The Morgan fingerprint density at radius 1 is 1.15 bits per heavy atom. The molecule has 3 rings (SSSR count). The van der Waals surface area contributed by atoms with Gasteiger partial charge in [0.15, 0.2) is 0 Å². The maximum Gasteiger partial charge on any atom is 0.135 e. The summed E-state index contributed by atoms with van der Waals surface area (Å²) in [5, 5.41) is 13.8. The first-order chi connectivity index (χ1) is 12.9. The average molecular weight is 389 g/mol. The monoisotopic (exact) mass is 388 g/mol. The summed E-state index contributed by atoms with van der Waals surface area (Å²) in [5.41, 5.74) is 2.61. The summed E-state index contributed by atoms with van der Waals surface area (Å²) in [6.45, 7) is 10.2. The lowest BCUT2D eigenvalue weighted by atomic mass is 10.00. The number of nitrogens with zero attached hydrogens (tertiary/aromatic N) is 3. The SMILES string of the molecule is CC(C)c1nc(N[C@@H](CO)C(C)C)cc(N2CCc3cc(Cl)ccc3C2)n1. The minimum atomic E-state index is -0.0306. The number of hydrogen-bond donors (Lipinski definition) is 2. The van der Waals surface area contributed by atoms with Crippen molar-refractivity contribution in [1.29, 1.82) is 0 Å². The highest BCUT2D eigenvalue weighted by atomic mass is 35.5. The van der Waals surface area contributed by atoms with Crippen LogP contribution in [0.15, 0.2) is 24.3 Å². The van der Waals surface area contributed by atoms with E-state index in [1.165, 1.54) is 11.1 Å². The van der Waals surface area contributed by atoms with E-state index in [1.807, 2.05) is 12.1 Å². The van der Waals surface area contributed by atoms with Gasteiger partial charge in [-0.25, -0.2) is 9.97 Å². The fraction of sp³-hybridized carbons (Fsp3) is 0.524. The molecule has 0 aliphatic carbocycles. The van der Waals surface area contributed by atoms with Crippen molar-refractivity contribution >= 4 is 23.2 Å². The maximum atomic E-state index is 9.66. The van der Waals surface area contributed by atoms with Gasteiger partial charge in [0, 0.05) is 30.1 Å². The highest BCUT2D eigenvalue weighted by Crippen LogP contribution is 2.28. The van der Waals surface area contributed by atoms with Crippen LogP contribution in [0.4, 0.5) is 11.6 Å². The number of halogens is 1. The van der Waals surface area contributed by atoms with E-state index >= 15 is 0 Å². The summed E-state index contributed by atoms with van der Waals surface area (Å²) >= 11 is 6.13. The predicted molar refractivity (Wildman–Crippen MR) is 112 cm³/mol. The first kappa shape index (κ1) is 19.9. The summed E-state index contributed by atoms with van der Waals surface area (Å²) in [6, 6.07) is 8.09. The molecule has 1 aromatic heterocycles. The maximum absolute atomic E-state index is 9.66. The van der Waals surface area contributed by atoms with Gasteiger partial charge in [-0.3, -0.25) is 0 Å². The van der Waals surface area contributed by atoms with Crippen LogP contribution < -0.4 is 10.2 Å². The molecule has 0 bridgehead atoms. The number of anilines is 2. The van der Waals surface area contributed by atoms with Crippen LogP contribution in [-0.2, 0) is 13.0 Å². The summed E-state index contributed by atoms with van der Waals surface area (Å²) in [7, 11) is 0. The molecule has 0 radical (unpaired) electrons. The minimum Gasteiger partial charge on any atom is -0.394 e. The van der Waals surface area contributed by atoms with Crippen LogP contribution in [0.25, 0.3) is 0 Å². The minimum absolute atomic E-state index is 0.0306. The van der Waals surface area contributed by atoms with E-state index in [0.29, 0.717) is 5.92 Å². The lowest BCUT2D eigenvalue weighted by Crippen LogP contribution is -2.32. The van der Waals surface area contributed by atoms with Gasteiger partial charge in [0.2, 0.25) is 0 Å². The zero-order valence-corrected chi connectivity index (χ0v) is 17.3. The molecule has 1 aliphatic rings. The van der Waals surface area contributed by atoms with E-state index in [0.717, 1.165) is 42.0 Å². The smallest absolute Gasteiger partial charge is 0.135 e. The lowest BCUT2D eigenvalue weighted by Gasteiger charge is -2.31. The van der Waals surface area contributed by atoms with Gasteiger partial charge in [-0.15, -0.1) is 0 Å². The molecule has 6 heteroatoms. The second-order valence-corrected chi connectivity index (χ2v) is 8.32.